The number of aliphatic hydroxyl groups excluding tert-OH is 1. The molecule has 1 aromatic carbocycles. The maximum Gasteiger partial charge on any atom is 0.147 e. The molecular weight excluding hydrogens is 318 g/mol. The lowest BCUT2D eigenvalue weighted by molar-refractivity contribution is 0.0581. The van der Waals surface area contributed by atoms with E-state index in [1.807, 2.05) is 0 Å². The van der Waals surface area contributed by atoms with Gasteiger partial charge in [0.25, 0.3) is 0 Å². The number of β-amino-alcohol motifs (C(OH)–C–C–N with tert-alkyl or cyclic N) is 1. The zero-order chi connectivity index (χ0) is 17.2. The minimum Gasteiger partial charge on any atom is -0.491 e. The molecule has 2 aromatic rings. The molecule has 2 heterocycles. The van der Waals surface area contributed by atoms with Gasteiger partial charge < -0.3 is 14.4 Å². The van der Waals surface area contributed by atoms with Crippen molar-refractivity contribution in [1.82, 2.24) is 19.7 Å². The lowest BCUT2D eigenvalue weighted by atomic mass is 10.2. The molecule has 2 aliphatic rings. The maximum atomic E-state index is 10.3. The zero-order valence-corrected chi connectivity index (χ0v) is 14.0. The van der Waals surface area contributed by atoms with Crippen LogP contribution in [-0.2, 0) is 13.1 Å². The topological polar surface area (TPSA) is 87.2 Å². The molecule has 1 atom stereocenters. The molecule has 0 saturated heterocycles. The van der Waals surface area contributed by atoms with Crippen molar-refractivity contribution in [2.75, 3.05) is 19.7 Å². The monoisotopic (exact) mass is 339 g/mol. The number of benzene rings is 1. The second kappa shape index (κ2) is 6.82. The lowest BCUT2D eigenvalue weighted by Gasteiger charge is -2.29. The molecule has 0 amide bonds. The molecule has 1 N–H and O–H groups in total. The summed E-state index contributed by atoms with van der Waals surface area (Å²) in [4.78, 5) is 2.19. The van der Waals surface area contributed by atoms with E-state index in [-0.39, 0.29) is 6.61 Å². The maximum absolute atomic E-state index is 10.3. The molecule has 1 aromatic heterocycles. The molecule has 25 heavy (non-hydrogen) atoms. The number of aromatic nitrogens is 3. The van der Waals surface area contributed by atoms with Crippen molar-refractivity contribution in [2.24, 2.45) is 0 Å². The summed E-state index contributed by atoms with van der Waals surface area (Å²) in [6, 6.07) is 8.97. The van der Waals surface area contributed by atoms with Crippen LogP contribution in [0, 0.1) is 11.3 Å². The molecule has 7 nitrogen and oxygen atoms in total. The summed E-state index contributed by atoms with van der Waals surface area (Å²) in [6.07, 6.45) is 1.88. The van der Waals surface area contributed by atoms with Crippen LogP contribution in [0.4, 0.5) is 0 Å². The van der Waals surface area contributed by atoms with E-state index in [4.69, 9.17) is 10.00 Å². The fraction of sp³-hybridized carbons (Fsp3) is 0.500. The van der Waals surface area contributed by atoms with Crippen LogP contribution in [0.3, 0.4) is 0 Å². The molecule has 1 fully saturated rings. The van der Waals surface area contributed by atoms with Crippen molar-refractivity contribution in [1.29, 1.82) is 5.26 Å². The number of nitriles is 1. The van der Waals surface area contributed by atoms with Gasteiger partial charge in [0.2, 0.25) is 0 Å². The molecule has 0 bridgehead atoms. The van der Waals surface area contributed by atoms with Gasteiger partial charge >= 0.3 is 0 Å². The third-order valence-corrected chi connectivity index (χ3v) is 4.70. The molecular formula is C18H21N5O2. The standard InChI is InChI=1S/C18H21N5O2/c19-9-13-1-5-16(6-2-13)25-12-15(24)10-22-7-8-23-17(11-22)20-21-18(23)14-3-4-14/h1-2,5-6,14-15,24H,3-4,7-8,10-12H2. The van der Waals surface area contributed by atoms with Crippen LogP contribution in [0.15, 0.2) is 24.3 Å². The minimum atomic E-state index is -0.576. The Bertz CT molecular complexity index is 776. The summed E-state index contributed by atoms with van der Waals surface area (Å²) < 4.78 is 7.85. The summed E-state index contributed by atoms with van der Waals surface area (Å²) >= 11 is 0. The van der Waals surface area contributed by atoms with Crippen LogP contribution >= 0.6 is 0 Å². The summed E-state index contributed by atoms with van der Waals surface area (Å²) in [6.45, 7) is 3.26. The summed E-state index contributed by atoms with van der Waals surface area (Å²) in [5, 5.41) is 27.7. The van der Waals surface area contributed by atoms with E-state index in [0.29, 0.717) is 30.3 Å². The van der Waals surface area contributed by atoms with Crippen LogP contribution in [-0.4, -0.2) is 50.6 Å². The Balaban J connectivity index is 1.27. The Kier molecular flexibility index (Phi) is 4.38. The van der Waals surface area contributed by atoms with Gasteiger partial charge in [0, 0.05) is 25.6 Å². The largest absolute Gasteiger partial charge is 0.491 e. The Morgan fingerprint density at radius 3 is 2.76 bits per heavy atom. The third-order valence-electron chi connectivity index (χ3n) is 4.70. The average Bonchev–Trinajstić information content (AvgIpc) is 3.40. The molecule has 1 saturated carbocycles. The highest BCUT2D eigenvalue weighted by molar-refractivity contribution is 5.34. The van der Waals surface area contributed by atoms with E-state index < -0.39 is 6.10 Å². The van der Waals surface area contributed by atoms with Gasteiger partial charge in [0.1, 0.15) is 30.1 Å². The minimum absolute atomic E-state index is 0.225. The van der Waals surface area contributed by atoms with Crippen LogP contribution in [0.1, 0.15) is 36.0 Å². The highest BCUT2D eigenvalue weighted by Crippen LogP contribution is 2.39. The summed E-state index contributed by atoms with van der Waals surface area (Å²) in [7, 11) is 0. The zero-order valence-electron chi connectivity index (χ0n) is 14.0. The van der Waals surface area contributed by atoms with Crippen molar-refractivity contribution < 1.29 is 9.84 Å². The van der Waals surface area contributed by atoms with Gasteiger partial charge in [-0.2, -0.15) is 5.26 Å². The van der Waals surface area contributed by atoms with Crippen LogP contribution < -0.4 is 4.74 Å². The van der Waals surface area contributed by atoms with Crippen molar-refractivity contribution in [3.05, 3.63) is 41.5 Å². The molecule has 1 aliphatic carbocycles. The first kappa shape index (κ1) is 16.1. The van der Waals surface area contributed by atoms with Gasteiger partial charge in [-0.25, -0.2) is 0 Å². The molecule has 0 radical (unpaired) electrons. The Labute approximate surface area is 146 Å². The number of fused-ring (bicyclic) bond motifs is 1. The molecule has 130 valence electrons. The number of nitrogens with zero attached hydrogens (tertiary/aromatic N) is 5. The highest BCUT2D eigenvalue weighted by Gasteiger charge is 2.32. The molecule has 1 aliphatic heterocycles. The summed E-state index contributed by atoms with van der Waals surface area (Å²) in [5.41, 5.74) is 0.593. The van der Waals surface area contributed by atoms with Crippen molar-refractivity contribution in [3.63, 3.8) is 0 Å². The van der Waals surface area contributed by atoms with Crippen molar-refractivity contribution in [3.8, 4) is 11.8 Å². The molecule has 0 spiro atoms. The smallest absolute Gasteiger partial charge is 0.147 e. The van der Waals surface area contributed by atoms with E-state index in [9.17, 15) is 5.11 Å². The summed E-state index contributed by atoms with van der Waals surface area (Å²) in [5.74, 6) is 3.40. The van der Waals surface area contributed by atoms with Gasteiger partial charge in [-0.15, -0.1) is 10.2 Å². The number of ether oxygens (including phenoxy) is 1. The first-order chi connectivity index (χ1) is 12.2. The molecule has 1 unspecified atom stereocenters. The molecule has 7 heteroatoms. The van der Waals surface area contributed by atoms with E-state index in [2.05, 4.69) is 25.7 Å². The van der Waals surface area contributed by atoms with E-state index in [1.165, 1.54) is 12.8 Å². The SMILES string of the molecule is N#Cc1ccc(OCC(O)CN2CCn3c(nnc3C3CC3)C2)cc1. The number of hydrogen-bond acceptors (Lipinski definition) is 6. The quantitative estimate of drug-likeness (QED) is 0.853. The number of hydrogen-bond donors (Lipinski definition) is 1. The van der Waals surface area contributed by atoms with Crippen LogP contribution in [0.2, 0.25) is 0 Å². The number of rotatable bonds is 6. The third kappa shape index (κ3) is 3.65. The Morgan fingerprint density at radius 2 is 2.04 bits per heavy atom. The van der Waals surface area contributed by atoms with Gasteiger partial charge in [0.05, 0.1) is 18.2 Å². The van der Waals surface area contributed by atoms with Crippen molar-refractivity contribution in [2.45, 2.75) is 38.0 Å². The van der Waals surface area contributed by atoms with E-state index in [0.717, 1.165) is 24.7 Å². The predicted octanol–water partition coefficient (Wildman–Crippen LogP) is 1.28. The predicted molar refractivity (Wildman–Crippen MR) is 89.9 cm³/mol. The van der Waals surface area contributed by atoms with Gasteiger partial charge in [-0.3, -0.25) is 4.90 Å². The average molecular weight is 339 g/mol. The first-order valence-corrected chi connectivity index (χ1v) is 8.68. The van der Waals surface area contributed by atoms with Gasteiger partial charge in [-0.1, -0.05) is 0 Å². The molecule has 4 rings (SSSR count). The van der Waals surface area contributed by atoms with Crippen molar-refractivity contribution >= 4 is 0 Å². The fourth-order valence-corrected chi connectivity index (χ4v) is 3.20. The Morgan fingerprint density at radius 1 is 1.24 bits per heavy atom. The highest BCUT2D eigenvalue weighted by atomic mass is 16.5. The van der Waals surface area contributed by atoms with Crippen LogP contribution in [0.5, 0.6) is 5.75 Å². The second-order valence-corrected chi connectivity index (χ2v) is 6.74. The van der Waals surface area contributed by atoms with E-state index >= 15 is 0 Å². The Hall–Kier alpha value is -2.43. The number of aliphatic hydroxyl groups is 1. The van der Waals surface area contributed by atoms with Gasteiger partial charge in [-0.05, 0) is 37.1 Å². The van der Waals surface area contributed by atoms with Crippen LogP contribution in [0.25, 0.3) is 0 Å². The fourth-order valence-electron chi connectivity index (χ4n) is 3.20. The van der Waals surface area contributed by atoms with E-state index in [1.54, 1.807) is 24.3 Å². The second-order valence-electron chi connectivity index (χ2n) is 6.74. The lowest BCUT2D eigenvalue weighted by Crippen LogP contribution is -2.40. The first-order valence-electron chi connectivity index (χ1n) is 8.68. The normalized spacial score (nSPS) is 18.4. The van der Waals surface area contributed by atoms with Gasteiger partial charge in [0.15, 0.2) is 0 Å².